The number of benzene rings is 1. The first-order valence-electron chi connectivity index (χ1n) is 9.77. The highest BCUT2D eigenvalue weighted by Gasteiger charge is 2.24. The number of carbonyl (C=O) groups excluding carboxylic acids is 1. The van der Waals surface area contributed by atoms with E-state index in [9.17, 15) is 9.18 Å². The van der Waals surface area contributed by atoms with E-state index in [2.05, 4.69) is 25.9 Å². The summed E-state index contributed by atoms with van der Waals surface area (Å²) >= 11 is 0. The maximum absolute atomic E-state index is 14.6. The summed E-state index contributed by atoms with van der Waals surface area (Å²) in [4.78, 5) is 16.2. The molecule has 0 aliphatic heterocycles. The molecule has 1 aliphatic rings. The standard InChI is InChI=1S/C20H23FN8O/c21-15-11-14(18(23)30)19(27-20(15)26-17-7-2-1-6-16(17)22)25-12-4-3-5-13(10-12)29-9-8-24-28-29/h3-5,8-11,16-17H,1-2,6-7,22H2,(H2,23,30)(H2,25,26,27)/t16-,17+/m0/s1. The summed E-state index contributed by atoms with van der Waals surface area (Å²) in [5.41, 5.74) is 13.0. The molecule has 1 amide bonds. The van der Waals surface area contributed by atoms with Crippen LogP contribution in [0.5, 0.6) is 0 Å². The first kappa shape index (κ1) is 19.8. The number of primary amides is 1. The van der Waals surface area contributed by atoms with Crippen molar-refractivity contribution < 1.29 is 9.18 Å². The van der Waals surface area contributed by atoms with Crippen LogP contribution in [0, 0.1) is 5.82 Å². The quantitative estimate of drug-likeness (QED) is 0.489. The second kappa shape index (κ2) is 8.46. The Hall–Kier alpha value is -3.53. The zero-order chi connectivity index (χ0) is 21.1. The van der Waals surface area contributed by atoms with E-state index in [0.29, 0.717) is 5.69 Å². The molecule has 30 heavy (non-hydrogen) atoms. The fourth-order valence-electron chi connectivity index (χ4n) is 3.60. The number of rotatable bonds is 6. The summed E-state index contributed by atoms with van der Waals surface area (Å²) in [6.45, 7) is 0. The third-order valence-electron chi connectivity index (χ3n) is 5.18. The Morgan fingerprint density at radius 2 is 2.03 bits per heavy atom. The van der Waals surface area contributed by atoms with E-state index in [4.69, 9.17) is 11.5 Å². The monoisotopic (exact) mass is 410 g/mol. The first-order valence-corrected chi connectivity index (χ1v) is 9.77. The highest BCUT2D eigenvalue weighted by atomic mass is 19.1. The number of nitrogens with one attached hydrogen (secondary N) is 2. The Bertz CT molecular complexity index is 1040. The minimum Gasteiger partial charge on any atom is -0.365 e. The number of carbonyl (C=O) groups is 1. The molecule has 4 rings (SSSR count). The van der Waals surface area contributed by atoms with Crippen molar-refractivity contribution in [3.05, 3.63) is 54.1 Å². The van der Waals surface area contributed by atoms with Gasteiger partial charge in [-0.05, 0) is 37.1 Å². The molecule has 0 bridgehead atoms. The predicted octanol–water partition coefficient (Wildman–Crippen LogP) is 2.33. The van der Waals surface area contributed by atoms with Crippen molar-refractivity contribution in [1.29, 1.82) is 0 Å². The van der Waals surface area contributed by atoms with Crippen LogP contribution >= 0.6 is 0 Å². The van der Waals surface area contributed by atoms with E-state index in [0.717, 1.165) is 37.4 Å². The molecule has 3 aromatic rings. The number of nitrogens with two attached hydrogens (primary N) is 2. The van der Waals surface area contributed by atoms with Gasteiger partial charge in [0.1, 0.15) is 5.82 Å². The van der Waals surface area contributed by atoms with Crippen molar-refractivity contribution in [2.24, 2.45) is 11.5 Å². The molecule has 2 atom stereocenters. The van der Waals surface area contributed by atoms with Gasteiger partial charge in [0.25, 0.3) is 5.91 Å². The summed E-state index contributed by atoms with van der Waals surface area (Å²) in [6, 6.07) is 8.19. The molecule has 9 nitrogen and oxygen atoms in total. The van der Waals surface area contributed by atoms with Crippen LogP contribution in [0.3, 0.4) is 0 Å². The molecule has 0 saturated heterocycles. The molecule has 2 heterocycles. The number of nitrogens with zero attached hydrogens (tertiary/aromatic N) is 4. The third kappa shape index (κ3) is 4.23. The van der Waals surface area contributed by atoms with Gasteiger partial charge in [-0.25, -0.2) is 14.1 Å². The molecule has 0 radical (unpaired) electrons. The van der Waals surface area contributed by atoms with Crippen LogP contribution < -0.4 is 22.1 Å². The average molecular weight is 410 g/mol. The molecule has 0 spiro atoms. The second-order valence-electron chi connectivity index (χ2n) is 7.30. The Balaban J connectivity index is 1.64. The molecule has 1 saturated carbocycles. The van der Waals surface area contributed by atoms with Crippen molar-refractivity contribution in [2.75, 3.05) is 10.6 Å². The van der Waals surface area contributed by atoms with Gasteiger partial charge in [0, 0.05) is 17.8 Å². The predicted molar refractivity (Wildman–Crippen MR) is 111 cm³/mol. The van der Waals surface area contributed by atoms with Gasteiger partial charge in [0.05, 0.1) is 23.6 Å². The smallest absolute Gasteiger partial charge is 0.252 e. The highest BCUT2D eigenvalue weighted by Crippen LogP contribution is 2.27. The van der Waals surface area contributed by atoms with E-state index in [1.807, 2.05) is 12.1 Å². The number of hydrogen-bond donors (Lipinski definition) is 4. The number of amides is 1. The number of pyridine rings is 1. The van der Waals surface area contributed by atoms with Gasteiger partial charge in [-0.15, -0.1) is 5.10 Å². The third-order valence-corrected chi connectivity index (χ3v) is 5.18. The fraction of sp³-hybridized carbons (Fsp3) is 0.300. The molecule has 0 unspecified atom stereocenters. The van der Waals surface area contributed by atoms with Crippen molar-refractivity contribution in [3.63, 3.8) is 0 Å². The molecular weight excluding hydrogens is 387 g/mol. The number of aromatic nitrogens is 4. The average Bonchev–Trinajstić information content (AvgIpc) is 3.27. The summed E-state index contributed by atoms with van der Waals surface area (Å²) in [5.74, 6) is -1.23. The van der Waals surface area contributed by atoms with Crippen LogP contribution in [0.1, 0.15) is 36.0 Å². The highest BCUT2D eigenvalue weighted by molar-refractivity contribution is 5.98. The van der Waals surface area contributed by atoms with E-state index in [1.54, 1.807) is 29.2 Å². The van der Waals surface area contributed by atoms with Gasteiger partial charge in [0.2, 0.25) is 0 Å². The minimum atomic E-state index is -0.780. The van der Waals surface area contributed by atoms with Crippen LogP contribution in [-0.2, 0) is 0 Å². The SMILES string of the molecule is NC(=O)c1cc(F)c(N[C@@H]2CCCC[C@@H]2N)nc1Nc1cccc(-n2ccnn2)c1. The zero-order valence-electron chi connectivity index (χ0n) is 16.3. The Labute approximate surface area is 172 Å². The lowest BCUT2D eigenvalue weighted by Crippen LogP contribution is -2.43. The minimum absolute atomic E-state index is 0.0391. The molecule has 6 N–H and O–H groups in total. The van der Waals surface area contributed by atoms with E-state index >= 15 is 0 Å². The Morgan fingerprint density at radius 1 is 1.20 bits per heavy atom. The molecule has 2 aromatic heterocycles. The topological polar surface area (TPSA) is 137 Å². The van der Waals surface area contributed by atoms with Crippen LogP contribution in [-0.4, -0.2) is 38.0 Å². The van der Waals surface area contributed by atoms with Gasteiger partial charge >= 0.3 is 0 Å². The molecule has 1 fully saturated rings. The number of hydrogen-bond acceptors (Lipinski definition) is 7. The lowest BCUT2D eigenvalue weighted by Gasteiger charge is -2.30. The molecule has 10 heteroatoms. The summed E-state index contributed by atoms with van der Waals surface area (Å²) in [5, 5.41) is 13.9. The number of anilines is 3. The lowest BCUT2D eigenvalue weighted by molar-refractivity contribution is 0.100. The van der Waals surface area contributed by atoms with E-state index in [-0.39, 0.29) is 29.3 Å². The maximum Gasteiger partial charge on any atom is 0.252 e. The van der Waals surface area contributed by atoms with Gasteiger partial charge in [-0.2, -0.15) is 0 Å². The van der Waals surface area contributed by atoms with E-state index in [1.165, 1.54) is 0 Å². The van der Waals surface area contributed by atoms with Crippen molar-refractivity contribution in [1.82, 2.24) is 20.0 Å². The Kier molecular flexibility index (Phi) is 5.57. The fourth-order valence-corrected chi connectivity index (χ4v) is 3.60. The normalized spacial score (nSPS) is 18.7. The van der Waals surface area contributed by atoms with Gasteiger partial charge < -0.3 is 22.1 Å². The second-order valence-corrected chi connectivity index (χ2v) is 7.30. The zero-order valence-corrected chi connectivity index (χ0v) is 16.3. The Morgan fingerprint density at radius 3 is 2.77 bits per heavy atom. The number of halogens is 1. The van der Waals surface area contributed by atoms with E-state index < -0.39 is 11.7 Å². The van der Waals surface area contributed by atoms with Crippen molar-refractivity contribution in [3.8, 4) is 5.69 Å². The van der Waals surface area contributed by atoms with Crippen LogP contribution in [0.15, 0.2) is 42.7 Å². The van der Waals surface area contributed by atoms with Crippen molar-refractivity contribution in [2.45, 2.75) is 37.8 Å². The van der Waals surface area contributed by atoms with Crippen LogP contribution in [0.4, 0.5) is 21.7 Å². The van der Waals surface area contributed by atoms with Gasteiger partial charge in [0.15, 0.2) is 11.6 Å². The lowest BCUT2D eigenvalue weighted by atomic mass is 9.91. The summed E-state index contributed by atoms with van der Waals surface area (Å²) in [6.07, 6.45) is 7.07. The van der Waals surface area contributed by atoms with Crippen molar-refractivity contribution >= 4 is 23.2 Å². The summed E-state index contributed by atoms with van der Waals surface area (Å²) in [7, 11) is 0. The van der Waals surface area contributed by atoms with Crippen LogP contribution in [0.25, 0.3) is 5.69 Å². The first-order chi connectivity index (χ1) is 14.5. The van der Waals surface area contributed by atoms with Crippen LogP contribution in [0.2, 0.25) is 0 Å². The van der Waals surface area contributed by atoms with Gasteiger partial charge in [-0.1, -0.05) is 24.1 Å². The maximum atomic E-state index is 14.6. The van der Waals surface area contributed by atoms with Gasteiger partial charge in [-0.3, -0.25) is 4.79 Å². The summed E-state index contributed by atoms with van der Waals surface area (Å²) < 4.78 is 16.2. The molecule has 156 valence electrons. The largest absolute Gasteiger partial charge is 0.365 e. The molecule has 1 aromatic carbocycles. The molecule has 1 aliphatic carbocycles. The molecular formula is C20H23FN8O.